The third-order valence-electron chi connectivity index (χ3n) is 3.08. The lowest BCUT2D eigenvalue weighted by molar-refractivity contribution is 0.357. The third-order valence-corrected chi connectivity index (χ3v) is 3.08. The maximum Gasteiger partial charge on any atom is 0.122 e. The Labute approximate surface area is 100 Å². The number of nitrogens with zero attached hydrogens (tertiary/aromatic N) is 2. The lowest BCUT2D eigenvalue weighted by atomic mass is 10.1. The van der Waals surface area contributed by atoms with Crippen LogP contribution >= 0.6 is 0 Å². The first-order chi connectivity index (χ1) is 8.33. The molecule has 4 nitrogen and oxygen atoms in total. The zero-order chi connectivity index (χ0) is 11.7. The van der Waals surface area contributed by atoms with Gasteiger partial charge in [-0.3, -0.25) is 0 Å². The second-order valence-corrected chi connectivity index (χ2v) is 4.27. The van der Waals surface area contributed by atoms with E-state index in [2.05, 4.69) is 22.4 Å². The first-order valence-corrected chi connectivity index (χ1v) is 5.78. The van der Waals surface area contributed by atoms with Crippen LogP contribution in [0.5, 0.6) is 5.75 Å². The minimum absolute atomic E-state index is 0.788. The second-order valence-electron chi connectivity index (χ2n) is 4.27. The summed E-state index contributed by atoms with van der Waals surface area (Å²) in [4.78, 5) is 4.09. The molecular formula is C13H15N3O. The highest BCUT2D eigenvalue weighted by molar-refractivity contribution is 5.52. The zero-order valence-corrected chi connectivity index (χ0v) is 9.81. The van der Waals surface area contributed by atoms with Gasteiger partial charge in [-0.15, -0.1) is 0 Å². The van der Waals surface area contributed by atoms with E-state index in [0.29, 0.717) is 0 Å². The Morgan fingerprint density at radius 1 is 1.47 bits per heavy atom. The fraction of sp³-hybridized carbons (Fsp3) is 0.308. The molecule has 4 heteroatoms. The van der Waals surface area contributed by atoms with Gasteiger partial charge in [0.1, 0.15) is 5.75 Å². The van der Waals surface area contributed by atoms with Gasteiger partial charge in [-0.1, -0.05) is 0 Å². The monoisotopic (exact) mass is 229 g/mol. The number of rotatable bonds is 3. The van der Waals surface area contributed by atoms with Crippen molar-refractivity contribution >= 4 is 5.69 Å². The van der Waals surface area contributed by atoms with Crippen molar-refractivity contribution in [2.45, 2.75) is 13.0 Å². The van der Waals surface area contributed by atoms with Crippen molar-refractivity contribution in [2.75, 3.05) is 11.9 Å². The van der Waals surface area contributed by atoms with E-state index in [1.165, 1.54) is 11.3 Å². The van der Waals surface area contributed by atoms with Crippen LogP contribution in [0.3, 0.4) is 0 Å². The van der Waals surface area contributed by atoms with Crippen molar-refractivity contribution in [1.82, 2.24) is 9.55 Å². The molecule has 0 radical (unpaired) electrons. The number of anilines is 1. The Morgan fingerprint density at radius 3 is 3.24 bits per heavy atom. The minimum atomic E-state index is 0.788. The van der Waals surface area contributed by atoms with Crippen molar-refractivity contribution in [3.63, 3.8) is 0 Å². The van der Waals surface area contributed by atoms with E-state index in [0.717, 1.165) is 31.0 Å². The van der Waals surface area contributed by atoms with E-state index in [1.807, 2.05) is 30.2 Å². The Bertz CT molecular complexity index is 533. The topological polar surface area (TPSA) is 39.1 Å². The molecule has 17 heavy (non-hydrogen) atoms. The van der Waals surface area contributed by atoms with Crippen LogP contribution < -0.4 is 10.1 Å². The van der Waals surface area contributed by atoms with Gasteiger partial charge in [0.05, 0.1) is 25.2 Å². The Morgan fingerprint density at radius 2 is 2.41 bits per heavy atom. The Balaban J connectivity index is 1.72. The zero-order valence-electron chi connectivity index (χ0n) is 9.81. The molecule has 0 saturated heterocycles. The smallest absolute Gasteiger partial charge is 0.122 e. The first kappa shape index (κ1) is 10.2. The molecule has 2 heterocycles. The largest absolute Gasteiger partial charge is 0.493 e. The van der Waals surface area contributed by atoms with Crippen LogP contribution in [0.2, 0.25) is 0 Å². The van der Waals surface area contributed by atoms with Gasteiger partial charge < -0.3 is 14.6 Å². The van der Waals surface area contributed by atoms with Gasteiger partial charge in [0.15, 0.2) is 0 Å². The lowest BCUT2D eigenvalue weighted by Crippen LogP contribution is -2.03. The number of hydrogen-bond donors (Lipinski definition) is 1. The summed E-state index contributed by atoms with van der Waals surface area (Å²) in [5.41, 5.74) is 3.59. The van der Waals surface area contributed by atoms with Crippen LogP contribution in [-0.4, -0.2) is 16.2 Å². The van der Waals surface area contributed by atoms with E-state index in [4.69, 9.17) is 4.74 Å². The molecule has 0 fully saturated rings. The first-order valence-electron chi connectivity index (χ1n) is 5.78. The summed E-state index contributed by atoms with van der Waals surface area (Å²) in [5.74, 6) is 1.02. The number of ether oxygens (including phenoxy) is 1. The van der Waals surface area contributed by atoms with Crippen LogP contribution in [0.1, 0.15) is 11.3 Å². The maximum atomic E-state index is 5.48. The van der Waals surface area contributed by atoms with Crippen LogP contribution in [-0.2, 0) is 20.0 Å². The second kappa shape index (κ2) is 4.13. The number of nitrogens with one attached hydrogen (secondary N) is 1. The van der Waals surface area contributed by atoms with Gasteiger partial charge in [0, 0.05) is 25.4 Å². The van der Waals surface area contributed by atoms with E-state index >= 15 is 0 Å². The molecule has 1 aromatic heterocycles. The summed E-state index contributed by atoms with van der Waals surface area (Å²) in [6, 6.07) is 6.26. The average Bonchev–Trinajstić information content (AvgIpc) is 2.94. The molecule has 0 bridgehead atoms. The van der Waals surface area contributed by atoms with Crippen LogP contribution in [0.25, 0.3) is 0 Å². The summed E-state index contributed by atoms with van der Waals surface area (Å²) in [5, 5.41) is 3.40. The number of aromatic nitrogens is 2. The lowest BCUT2D eigenvalue weighted by Gasteiger charge is -2.08. The Hall–Kier alpha value is -1.97. The van der Waals surface area contributed by atoms with Crippen molar-refractivity contribution in [3.8, 4) is 5.75 Å². The van der Waals surface area contributed by atoms with Crippen LogP contribution in [0.15, 0.2) is 30.7 Å². The number of fused-ring (bicyclic) bond motifs is 1. The fourth-order valence-electron chi connectivity index (χ4n) is 2.04. The standard InChI is InChI=1S/C13H15N3O/c1-16-9-14-7-12(16)8-15-11-2-3-13-10(6-11)4-5-17-13/h2-3,6-7,9,15H,4-5,8H2,1H3. The van der Waals surface area contributed by atoms with Gasteiger partial charge in [-0.2, -0.15) is 0 Å². The van der Waals surface area contributed by atoms with E-state index in [9.17, 15) is 0 Å². The molecule has 0 aliphatic carbocycles. The van der Waals surface area contributed by atoms with Gasteiger partial charge in [-0.05, 0) is 23.8 Å². The molecule has 1 N–H and O–H groups in total. The molecule has 0 atom stereocenters. The Kier molecular flexibility index (Phi) is 2.48. The molecule has 0 saturated carbocycles. The van der Waals surface area contributed by atoms with Crippen molar-refractivity contribution in [1.29, 1.82) is 0 Å². The summed E-state index contributed by atoms with van der Waals surface area (Å²) >= 11 is 0. The SMILES string of the molecule is Cn1cncc1CNc1ccc2c(c1)CCO2. The predicted molar refractivity (Wildman–Crippen MR) is 66.2 cm³/mol. The predicted octanol–water partition coefficient (Wildman–Crippen LogP) is 1.97. The highest BCUT2D eigenvalue weighted by atomic mass is 16.5. The van der Waals surface area contributed by atoms with Crippen molar-refractivity contribution in [3.05, 3.63) is 42.0 Å². The molecule has 1 aliphatic rings. The maximum absolute atomic E-state index is 5.48. The molecule has 3 rings (SSSR count). The molecule has 88 valence electrons. The summed E-state index contributed by atoms with van der Waals surface area (Å²) in [6.45, 7) is 1.59. The number of hydrogen-bond acceptors (Lipinski definition) is 3. The molecule has 2 aromatic rings. The third kappa shape index (κ3) is 1.98. The van der Waals surface area contributed by atoms with Gasteiger partial charge in [0.2, 0.25) is 0 Å². The summed E-state index contributed by atoms with van der Waals surface area (Å²) < 4.78 is 7.50. The summed E-state index contributed by atoms with van der Waals surface area (Å²) in [6.07, 6.45) is 4.70. The van der Waals surface area contributed by atoms with Crippen molar-refractivity contribution in [2.24, 2.45) is 7.05 Å². The van der Waals surface area contributed by atoms with Gasteiger partial charge in [-0.25, -0.2) is 4.98 Å². The molecule has 0 spiro atoms. The minimum Gasteiger partial charge on any atom is -0.493 e. The molecule has 1 aromatic carbocycles. The molecule has 0 unspecified atom stereocenters. The molecule has 0 amide bonds. The number of imidazole rings is 1. The van der Waals surface area contributed by atoms with Crippen LogP contribution in [0, 0.1) is 0 Å². The quantitative estimate of drug-likeness (QED) is 0.874. The van der Waals surface area contributed by atoms with E-state index in [1.54, 1.807) is 0 Å². The van der Waals surface area contributed by atoms with E-state index < -0.39 is 0 Å². The van der Waals surface area contributed by atoms with Gasteiger partial charge >= 0.3 is 0 Å². The molecule has 1 aliphatic heterocycles. The van der Waals surface area contributed by atoms with Crippen LogP contribution in [0.4, 0.5) is 5.69 Å². The van der Waals surface area contributed by atoms with Crippen molar-refractivity contribution < 1.29 is 4.74 Å². The molecular weight excluding hydrogens is 214 g/mol. The normalized spacial score (nSPS) is 13.2. The van der Waals surface area contributed by atoms with Gasteiger partial charge in [0.25, 0.3) is 0 Å². The summed E-state index contributed by atoms with van der Waals surface area (Å²) in [7, 11) is 2.00. The fourth-order valence-corrected chi connectivity index (χ4v) is 2.04. The average molecular weight is 229 g/mol. The number of aryl methyl sites for hydroxylation is 1. The number of benzene rings is 1. The van der Waals surface area contributed by atoms with E-state index in [-0.39, 0.29) is 0 Å². The highest BCUT2D eigenvalue weighted by Gasteiger charge is 2.11. The highest BCUT2D eigenvalue weighted by Crippen LogP contribution is 2.27.